The second-order valence-electron chi connectivity index (χ2n) is 19.5. The van der Waals surface area contributed by atoms with Crippen molar-refractivity contribution in [2.75, 3.05) is 13.7 Å². The second kappa shape index (κ2) is 26.4. The molecule has 396 valence electrons. The Bertz CT molecular complexity index is 2520. The summed E-state index contributed by atoms with van der Waals surface area (Å²) in [4.78, 5) is 42.7. The fourth-order valence-electron chi connectivity index (χ4n) is 8.13. The zero-order chi connectivity index (χ0) is 52.9. The molecule has 5 aromatic rings. The lowest BCUT2D eigenvalue weighted by molar-refractivity contribution is -0.350. The summed E-state index contributed by atoms with van der Waals surface area (Å²) in [5.74, 6) is -2.65. The summed E-state index contributed by atoms with van der Waals surface area (Å²) in [6.07, 6.45) is -12.2. The maximum Gasteiger partial charge on any atom is 0.338 e. The van der Waals surface area contributed by atoms with Crippen molar-refractivity contribution in [1.29, 1.82) is 0 Å². The summed E-state index contributed by atoms with van der Waals surface area (Å²) in [7, 11) is -1.29. The van der Waals surface area contributed by atoms with Crippen molar-refractivity contribution in [3.05, 3.63) is 179 Å². The van der Waals surface area contributed by atoms with E-state index in [0.29, 0.717) is 0 Å². The van der Waals surface area contributed by atoms with Gasteiger partial charge >= 0.3 is 11.9 Å². The quantitative estimate of drug-likeness (QED) is 0.0421. The normalized spacial score (nSPS) is 24.4. The highest BCUT2D eigenvalue weighted by Gasteiger charge is 2.58. The van der Waals surface area contributed by atoms with Crippen molar-refractivity contribution in [3.8, 4) is 0 Å². The first-order chi connectivity index (χ1) is 35.4. The van der Waals surface area contributed by atoms with Crippen LogP contribution in [0, 0.1) is 0 Å². The SMILES string of the molecule is COC(=O)[C@H]1O[C@@H](O[C@@H]2[C@@H](NC(=O)C(Cl)(Cl)Cl)[C@H](OCc3ccccc3)O[C@H](CO[Si](C)(C)C(C)(C)C)[C@@H]2OCc2ccccc2)[C@H](OC(=O)c2ccccc2)[C@@H](OCc2ccccc2)[C@@H]1OCc1ccccc1. The van der Waals surface area contributed by atoms with Gasteiger partial charge in [0.25, 0.3) is 9.70 Å². The average molecular weight is 1090 g/mol. The fourth-order valence-corrected chi connectivity index (χ4v) is 9.31. The first-order valence-electron chi connectivity index (χ1n) is 24.4. The lowest BCUT2D eigenvalue weighted by atomic mass is 9.94. The highest BCUT2D eigenvalue weighted by atomic mass is 35.6. The molecule has 0 bridgehead atoms. The highest BCUT2D eigenvalue weighted by molar-refractivity contribution is 6.76. The van der Waals surface area contributed by atoms with Crippen molar-refractivity contribution in [3.63, 3.8) is 0 Å². The summed E-state index contributed by atoms with van der Waals surface area (Å²) in [5.41, 5.74) is 3.31. The number of ether oxygens (including phenoxy) is 9. The van der Waals surface area contributed by atoms with E-state index < -0.39 is 91.3 Å². The Labute approximate surface area is 449 Å². The van der Waals surface area contributed by atoms with Crippen molar-refractivity contribution in [2.24, 2.45) is 0 Å². The largest absolute Gasteiger partial charge is 0.467 e. The number of methoxy groups -OCH3 is 1. The Hall–Kier alpha value is -4.72. The third kappa shape index (κ3) is 15.5. The van der Waals surface area contributed by atoms with E-state index in [1.54, 1.807) is 30.3 Å². The van der Waals surface area contributed by atoms with Gasteiger partial charge in [0.2, 0.25) is 0 Å². The van der Waals surface area contributed by atoms with Gasteiger partial charge in [0.1, 0.15) is 36.6 Å². The first-order valence-corrected chi connectivity index (χ1v) is 28.4. The van der Waals surface area contributed by atoms with E-state index in [4.69, 9.17) is 81.9 Å². The minimum absolute atomic E-state index is 0.00120. The van der Waals surface area contributed by atoms with Gasteiger partial charge in [-0.2, -0.15) is 0 Å². The van der Waals surface area contributed by atoms with Crippen molar-refractivity contribution < 1.29 is 61.4 Å². The van der Waals surface area contributed by atoms with Crippen LogP contribution in [0.1, 0.15) is 53.4 Å². The van der Waals surface area contributed by atoms with Gasteiger partial charge in [-0.3, -0.25) is 4.79 Å². The molecule has 0 aromatic heterocycles. The number of hydrogen-bond acceptors (Lipinski definition) is 13. The Morgan fingerprint density at radius 3 is 1.47 bits per heavy atom. The Kier molecular flexibility index (Phi) is 20.3. The number of nitrogens with one attached hydrogen (secondary N) is 1. The lowest BCUT2D eigenvalue weighted by Gasteiger charge is -2.50. The minimum Gasteiger partial charge on any atom is -0.467 e. The smallest absolute Gasteiger partial charge is 0.338 e. The lowest BCUT2D eigenvalue weighted by Crippen LogP contribution is -2.70. The predicted molar refractivity (Wildman–Crippen MR) is 282 cm³/mol. The molecule has 14 nitrogen and oxygen atoms in total. The van der Waals surface area contributed by atoms with Gasteiger partial charge in [0.05, 0.1) is 45.7 Å². The molecule has 2 fully saturated rings. The van der Waals surface area contributed by atoms with Crippen molar-refractivity contribution in [2.45, 2.75) is 130 Å². The zero-order valence-corrected chi connectivity index (χ0v) is 45.5. The number of esters is 2. The van der Waals surface area contributed by atoms with Gasteiger partial charge in [-0.05, 0) is 52.5 Å². The van der Waals surface area contributed by atoms with Crippen LogP contribution in [0.5, 0.6) is 0 Å². The number of carbonyl (C=O) groups excluding carboxylic acids is 3. The molecule has 7 rings (SSSR count). The van der Waals surface area contributed by atoms with Crippen LogP contribution in [-0.4, -0.2) is 105 Å². The van der Waals surface area contributed by atoms with Crippen LogP contribution in [0.15, 0.2) is 152 Å². The van der Waals surface area contributed by atoms with Crippen LogP contribution >= 0.6 is 34.8 Å². The number of rotatable bonds is 21. The summed E-state index contributed by atoms with van der Waals surface area (Å²) >= 11 is 18.9. The average Bonchev–Trinajstić information content (AvgIpc) is 3.40. The van der Waals surface area contributed by atoms with E-state index in [-0.39, 0.29) is 43.6 Å². The number of hydrogen-bond donors (Lipinski definition) is 1. The van der Waals surface area contributed by atoms with Crippen LogP contribution in [-0.2, 0) is 83.1 Å². The molecule has 0 spiro atoms. The maximum atomic E-state index is 14.5. The highest BCUT2D eigenvalue weighted by Crippen LogP contribution is 2.40. The molecule has 1 amide bonds. The second-order valence-corrected chi connectivity index (χ2v) is 26.6. The number of benzene rings is 5. The van der Waals surface area contributed by atoms with E-state index in [2.05, 4.69) is 39.2 Å². The molecule has 0 unspecified atom stereocenters. The molecule has 5 aromatic carbocycles. The molecule has 2 aliphatic rings. The molecule has 0 aliphatic carbocycles. The van der Waals surface area contributed by atoms with Crippen LogP contribution in [0.3, 0.4) is 0 Å². The molecule has 2 heterocycles. The van der Waals surface area contributed by atoms with Crippen LogP contribution < -0.4 is 5.32 Å². The first kappa shape index (κ1) is 57.0. The third-order valence-electron chi connectivity index (χ3n) is 13.2. The van der Waals surface area contributed by atoms with E-state index >= 15 is 0 Å². The fraction of sp³-hybridized carbons (Fsp3) is 0.411. The third-order valence-corrected chi connectivity index (χ3v) is 18.2. The van der Waals surface area contributed by atoms with Crippen LogP contribution in [0.4, 0.5) is 0 Å². The monoisotopic (exact) mass is 1090 g/mol. The number of alkyl halides is 3. The van der Waals surface area contributed by atoms with E-state index in [1.165, 1.54) is 7.11 Å². The van der Waals surface area contributed by atoms with Gasteiger partial charge < -0.3 is 52.4 Å². The van der Waals surface area contributed by atoms with Crippen LogP contribution in [0.2, 0.25) is 18.1 Å². The number of carbonyl (C=O) groups is 3. The minimum atomic E-state index is -2.51. The molecular formula is C56H64Cl3NO13Si. The molecule has 2 aliphatic heterocycles. The summed E-state index contributed by atoms with van der Waals surface area (Å²) in [6, 6.07) is 44.4. The zero-order valence-electron chi connectivity index (χ0n) is 42.2. The Balaban J connectivity index is 1.39. The van der Waals surface area contributed by atoms with Gasteiger partial charge in [-0.1, -0.05) is 195 Å². The topological polar surface area (TPSA) is 156 Å². The van der Waals surface area contributed by atoms with Gasteiger partial charge in [-0.15, -0.1) is 0 Å². The number of amides is 1. The van der Waals surface area contributed by atoms with Gasteiger partial charge in [0.15, 0.2) is 33.1 Å². The molecular weight excluding hydrogens is 1030 g/mol. The van der Waals surface area contributed by atoms with E-state index in [9.17, 15) is 14.4 Å². The summed E-state index contributed by atoms with van der Waals surface area (Å²) in [6.45, 7) is 10.5. The van der Waals surface area contributed by atoms with Crippen molar-refractivity contribution in [1.82, 2.24) is 5.32 Å². The van der Waals surface area contributed by atoms with E-state index in [0.717, 1.165) is 22.3 Å². The molecule has 0 saturated carbocycles. The standard InChI is InChI=1S/C56H64Cl3NO13Si/c1-55(2,3)74(5,6)69-36-42-44(65-32-37-22-12-7-13-23-37)45(43(60-54(63)56(57,58)59)52(70-42)68-35-40-28-18-10-19-29-40)72-53-49(71-50(61)41-30-20-11-21-31-41)47(67-34-39-26-16-9-17-27-39)46(48(73-53)51(62)64-4)66-33-38-24-14-8-15-25-38/h7-31,42-49,52-53H,32-36H2,1-6H3,(H,60,63)/t42-,43-,44+,45-,46+,47+,48+,49-,52-,53-/m1/s1. The Morgan fingerprint density at radius 1 is 0.568 bits per heavy atom. The predicted octanol–water partition coefficient (Wildman–Crippen LogP) is 10.1. The maximum absolute atomic E-state index is 14.5. The van der Waals surface area contributed by atoms with Gasteiger partial charge in [0, 0.05) is 0 Å². The number of halogens is 3. The molecule has 2 saturated heterocycles. The Morgan fingerprint density at radius 2 is 1.01 bits per heavy atom. The summed E-state index contributed by atoms with van der Waals surface area (Å²) < 4.78 is 63.9. The molecule has 10 atom stereocenters. The van der Waals surface area contributed by atoms with Crippen molar-refractivity contribution >= 4 is 61.0 Å². The molecule has 18 heteroatoms. The molecule has 74 heavy (non-hydrogen) atoms. The van der Waals surface area contributed by atoms with Gasteiger partial charge in [-0.25, -0.2) is 9.59 Å². The van der Waals surface area contributed by atoms with E-state index in [1.807, 2.05) is 121 Å². The molecule has 0 radical (unpaired) electrons. The summed E-state index contributed by atoms with van der Waals surface area (Å²) in [5, 5.41) is 2.61. The van der Waals surface area contributed by atoms with Crippen LogP contribution in [0.25, 0.3) is 0 Å². The molecule has 1 N–H and O–H groups in total.